The summed E-state index contributed by atoms with van der Waals surface area (Å²) in [6.45, 7) is 0. The quantitative estimate of drug-likeness (QED) is 0.197. The molecular formula is C31H18N4S3. The van der Waals surface area contributed by atoms with Gasteiger partial charge in [-0.3, -0.25) is 0 Å². The van der Waals surface area contributed by atoms with Crippen molar-refractivity contribution in [1.82, 2.24) is 4.98 Å². The normalized spacial score (nSPS) is 10.6. The summed E-state index contributed by atoms with van der Waals surface area (Å²) in [5.41, 5.74) is 4.61. The number of para-hydroxylation sites is 2. The Morgan fingerprint density at radius 2 is 1.24 bits per heavy atom. The van der Waals surface area contributed by atoms with Crippen LogP contribution < -0.4 is 4.90 Å². The van der Waals surface area contributed by atoms with Crippen molar-refractivity contribution in [2.45, 2.75) is 0 Å². The molecule has 0 aliphatic carbocycles. The average Bonchev–Trinajstić information content (AvgIpc) is 3.69. The first kappa shape index (κ1) is 23.8. The van der Waals surface area contributed by atoms with E-state index in [1.165, 1.54) is 31.2 Å². The highest BCUT2D eigenvalue weighted by atomic mass is 32.1. The van der Waals surface area contributed by atoms with Gasteiger partial charge in [-0.25, -0.2) is 4.98 Å². The Morgan fingerprint density at radius 1 is 0.684 bits per heavy atom. The Balaban J connectivity index is 1.27. The number of allylic oxidation sites excluding steroid dienone is 1. The fourth-order valence-electron chi connectivity index (χ4n) is 4.16. The molecule has 6 aromatic rings. The Labute approximate surface area is 232 Å². The van der Waals surface area contributed by atoms with Gasteiger partial charge in [-0.2, -0.15) is 10.5 Å². The van der Waals surface area contributed by atoms with Gasteiger partial charge in [0.05, 0.1) is 4.88 Å². The molecule has 0 amide bonds. The summed E-state index contributed by atoms with van der Waals surface area (Å²) < 4.78 is 2.45. The summed E-state index contributed by atoms with van der Waals surface area (Å²) in [5.74, 6) is 0. The standard InChI is InChI=1S/C31H18N4S3/c32-18-21(19-33)15-26-20-34-31(36-26)30-17-29-28(38-30)16-27(37-29)22-11-13-25(14-12-22)35(23-7-3-1-4-8-23)24-9-5-2-6-10-24/h1-17,20H. The second-order valence-corrected chi connectivity index (χ2v) is 11.6. The van der Waals surface area contributed by atoms with Gasteiger partial charge in [0, 0.05) is 42.4 Å². The predicted molar refractivity (Wildman–Crippen MR) is 160 cm³/mol. The van der Waals surface area contributed by atoms with Crippen LogP contribution in [0.15, 0.2) is 109 Å². The number of nitrogens with zero attached hydrogens (tertiary/aromatic N) is 4. The van der Waals surface area contributed by atoms with E-state index in [4.69, 9.17) is 10.5 Å². The fourth-order valence-corrected chi connectivity index (χ4v) is 7.47. The van der Waals surface area contributed by atoms with E-state index in [2.05, 4.69) is 94.8 Å². The van der Waals surface area contributed by atoms with Crippen molar-refractivity contribution in [3.05, 3.63) is 114 Å². The van der Waals surface area contributed by atoms with Crippen molar-refractivity contribution in [3.8, 4) is 32.5 Å². The van der Waals surface area contributed by atoms with Crippen LogP contribution in [0.1, 0.15) is 4.88 Å². The summed E-state index contributed by atoms with van der Waals surface area (Å²) in [7, 11) is 0. The number of hydrogen-bond acceptors (Lipinski definition) is 7. The molecule has 0 unspecified atom stereocenters. The van der Waals surface area contributed by atoms with E-state index in [1.54, 1.807) is 34.9 Å². The maximum Gasteiger partial charge on any atom is 0.133 e. The molecule has 0 radical (unpaired) electrons. The van der Waals surface area contributed by atoms with E-state index < -0.39 is 0 Å². The van der Waals surface area contributed by atoms with E-state index in [9.17, 15) is 0 Å². The largest absolute Gasteiger partial charge is 0.311 e. The van der Waals surface area contributed by atoms with Crippen LogP contribution in [-0.4, -0.2) is 4.98 Å². The molecule has 38 heavy (non-hydrogen) atoms. The smallest absolute Gasteiger partial charge is 0.133 e. The number of benzene rings is 3. The van der Waals surface area contributed by atoms with Gasteiger partial charge in [-0.15, -0.1) is 34.0 Å². The molecule has 7 heteroatoms. The molecule has 3 aromatic carbocycles. The summed E-state index contributed by atoms with van der Waals surface area (Å²) in [6.07, 6.45) is 3.29. The molecule has 0 atom stereocenters. The van der Waals surface area contributed by atoms with E-state index in [0.717, 1.165) is 31.8 Å². The summed E-state index contributed by atoms with van der Waals surface area (Å²) in [4.78, 5) is 9.89. The average molecular weight is 543 g/mol. The molecular weight excluding hydrogens is 525 g/mol. The lowest BCUT2D eigenvalue weighted by Gasteiger charge is -2.25. The molecule has 0 saturated heterocycles. The third-order valence-electron chi connectivity index (χ3n) is 5.91. The highest BCUT2D eigenvalue weighted by molar-refractivity contribution is 7.32. The van der Waals surface area contributed by atoms with E-state index in [1.807, 2.05) is 24.3 Å². The SMILES string of the molecule is N#CC(C#N)=Cc1cnc(-c2cc3sc(-c4ccc(N(c5ccccc5)c5ccccc5)cc4)cc3s2)s1. The van der Waals surface area contributed by atoms with Crippen LogP contribution in [0.25, 0.3) is 35.8 Å². The number of aromatic nitrogens is 1. The zero-order chi connectivity index (χ0) is 25.9. The third kappa shape index (κ3) is 4.74. The Hall–Kier alpha value is -4.53. The molecule has 0 fully saturated rings. The van der Waals surface area contributed by atoms with Crippen LogP contribution in [0.2, 0.25) is 0 Å². The lowest BCUT2D eigenvalue weighted by atomic mass is 10.1. The van der Waals surface area contributed by atoms with Gasteiger partial charge in [0.1, 0.15) is 22.7 Å². The second kappa shape index (κ2) is 10.5. The van der Waals surface area contributed by atoms with Gasteiger partial charge >= 0.3 is 0 Å². The lowest BCUT2D eigenvalue weighted by molar-refractivity contribution is 1.28. The molecule has 0 aliphatic rings. The van der Waals surface area contributed by atoms with E-state index in [-0.39, 0.29) is 5.57 Å². The van der Waals surface area contributed by atoms with Crippen molar-refractivity contribution in [2.24, 2.45) is 0 Å². The molecule has 3 aromatic heterocycles. The molecule has 0 spiro atoms. The van der Waals surface area contributed by atoms with Crippen molar-refractivity contribution < 1.29 is 0 Å². The number of hydrogen-bond donors (Lipinski definition) is 0. The molecule has 0 N–H and O–H groups in total. The minimum absolute atomic E-state index is 0.0821. The van der Waals surface area contributed by atoms with Gasteiger partial charge < -0.3 is 4.90 Å². The minimum atomic E-state index is 0.0821. The maximum absolute atomic E-state index is 8.99. The van der Waals surface area contributed by atoms with Crippen LogP contribution in [-0.2, 0) is 0 Å². The molecule has 6 rings (SSSR count). The van der Waals surface area contributed by atoms with Crippen molar-refractivity contribution >= 4 is 66.5 Å². The Bertz CT molecular complexity index is 1740. The van der Waals surface area contributed by atoms with E-state index in [0.29, 0.717) is 0 Å². The van der Waals surface area contributed by atoms with Crippen LogP contribution >= 0.6 is 34.0 Å². The summed E-state index contributed by atoms with van der Waals surface area (Å²) in [6, 6.07) is 37.7. The summed E-state index contributed by atoms with van der Waals surface area (Å²) in [5, 5.41) is 18.9. The molecule has 0 saturated carbocycles. The van der Waals surface area contributed by atoms with Gasteiger partial charge in [0.25, 0.3) is 0 Å². The third-order valence-corrected chi connectivity index (χ3v) is 9.36. The molecule has 3 heterocycles. The highest BCUT2D eigenvalue weighted by Crippen LogP contribution is 2.43. The monoisotopic (exact) mass is 542 g/mol. The van der Waals surface area contributed by atoms with Crippen LogP contribution in [0, 0.1) is 22.7 Å². The van der Waals surface area contributed by atoms with Crippen molar-refractivity contribution in [1.29, 1.82) is 10.5 Å². The Morgan fingerprint density at radius 3 is 1.84 bits per heavy atom. The van der Waals surface area contributed by atoms with Crippen molar-refractivity contribution in [3.63, 3.8) is 0 Å². The maximum atomic E-state index is 8.99. The number of anilines is 3. The highest BCUT2D eigenvalue weighted by Gasteiger charge is 2.15. The van der Waals surface area contributed by atoms with Gasteiger partial charge in [-0.1, -0.05) is 48.5 Å². The fraction of sp³-hybridized carbons (Fsp3) is 0. The number of nitriles is 2. The van der Waals surface area contributed by atoms with Gasteiger partial charge in [0.15, 0.2) is 0 Å². The number of fused-ring (bicyclic) bond motifs is 1. The summed E-state index contributed by atoms with van der Waals surface area (Å²) >= 11 is 4.97. The topological polar surface area (TPSA) is 63.7 Å². The zero-order valence-electron chi connectivity index (χ0n) is 19.9. The first-order valence-corrected chi connectivity index (χ1v) is 14.2. The van der Waals surface area contributed by atoms with Crippen molar-refractivity contribution in [2.75, 3.05) is 4.90 Å². The first-order valence-electron chi connectivity index (χ1n) is 11.7. The van der Waals surface area contributed by atoms with Crippen LogP contribution in [0.3, 0.4) is 0 Å². The molecule has 0 bridgehead atoms. The van der Waals surface area contributed by atoms with E-state index >= 15 is 0 Å². The minimum Gasteiger partial charge on any atom is -0.311 e. The Kier molecular flexibility index (Phi) is 6.56. The second-order valence-electron chi connectivity index (χ2n) is 8.35. The van der Waals surface area contributed by atoms with Crippen LogP contribution in [0.4, 0.5) is 17.1 Å². The molecule has 0 aliphatic heterocycles. The molecule has 4 nitrogen and oxygen atoms in total. The number of rotatable bonds is 6. The molecule has 180 valence electrons. The first-order chi connectivity index (χ1) is 18.7. The van der Waals surface area contributed by atoms with Gasteiger partial charge in [0.2, 0.25) is 0 Å². The van der Waals surface area contributed by atoms with Gasteiger partial charge in [-0.05, 0) is 60.2 Å². The van der Waals surface area contributed by atoms with Crippen LogP contribution in [0.5, 0.6) is 0 Å². The predicted octanol–water partition coefficient (Wildman–Crippen LogP) is 9.65. The lowest BCUT2D eigenvalue weighted by Crippen LogP contribution is -2.09. The number of thiazole rings is 1. The number of thiophene rings is 2. The zero-order valence-corrected chi connectivity index (χ0v) is 22.4.